The van der Waals surface area contributed by atoms with Gasteiger partial charge in [0.25, 0.3) is 0 Å². The van der Waals surface area contributed by atoms with Crippen LogP contribution in [-0.4, -0.2) is 27.2 Å². The molecule has 0 saturated carbocycles. The molecular weight excluding hydrogens is 294 g/mol. The lowest BCUT2D eigenvalue weighted by Crippen LogP contribution is -2.46. The van der Waals surface area contributed by atoms with Crippen LogP contribution in [0, 0.1) is 0 Å². The van der Waals surface area contributed by atoms with E-state index >= 15 is 0 Å². The number of amides is 1. The maximum Gasteiger partial charge on any atom is 0.230 e. The Bertz CT molecular complexity index is 689. The third-order valence-electron chi connectivity index (χ3n) is 4.06. The number of hydrogen-bond acceptors (Lipinski definition) is 4. The van der Waals surface area contributed by atoms with Crippen molar-refractivity contribution in [1.82, 2.24) is 0 Å². The third-order valence-corrected chi connectivity index (χ3v) is 4.06. The number of ether oxygens (including phenoxy) is 3. The molecule has 5 nitrogen and oxygen atoms in total. The molecule has 1 fully saturated rings. The van der Waals surface area contributed by atoms with E-state index in [1.54, 1.807) is 32.3 Å². The van der Waals surface area contributed by atoms with Crippen LogP contribution in [0.4, 0.5) is 5.69 Å². The maximum atomic E-state index is 12.2. The fourth-order valence-electron chi connectivity index (χ4n) is 2.76. The van der Waals surface area contributed by atoms with Crippen molar-refractivity contribution >= 4 is 11.6 Å². The summed E-state index contributed by atoms with van der Waals surface area (Å²) in [7, 11) is 4.82. The first-order chi connectivity index (χ1) is 11.2. The van der Waals surface area contributed by atoms with Crippen molar-refractivity contribution in [3.63, 3.8) is 0 Å². The largest absolute Gasteiger partial charge is 0.497 e. The zero-order valence-electron chi connectivity index (χ0n) is 13.4. The minimum Gasteiger partial charge on any atom is -0.497 e. The van der Waals surface area contributed by atoms with Gasteiger partial charge in [0.15, 0.2) is 0 Å². The standard InChI is InChI=1S/C18H19NO4/c1-21-14-6-4-12(5-7-14)17-11-18(20)19(17)13-8-15(22-2)10-16(9-13)23-3/h4-10,17H,11H2,1-3H3. The number of anilines is 1. The van der Waals surface area contributed by atoms with Crippen LogP contribution in [0.1, 0.15) is 18.0 Å². The van der Waals surface area contributed by atoms with E-state index in [9.17, 15) is 4.79 Å². The Kier molecular flexibility index (Phi) is 4.10. The van der Waals surface area contributed by atoms with Gasteiger partial charge in [-0.25, -0.2) is 0 Å². The lowest BCUT2D eigenvalue weighted by Gasteiger charge is -2.41. The van der Waals surface area contributed by atoms with Gasteiger partial charge in [0, 0.05) is 18.2 Å². The molecular formula is C18H19NO4. The molecule has 1 unspecified atom stereocenters. The van der Waals surface area contributed by atoms with Crippen LogP contribution in [0.2, 0.25) is 0 Å². The van der Waals surface area contributed by atoms with Crippen LogP contribution in [0.3, 0.4) is 0 Å². The lowest BCUT2D eigenvalue weighted by atomic mass is 9.93. The quantitative estimate of drug-likeness (QED) is 0.795. The van der Waals surface area contributed by atoms with E-state index in [4.69, 9.17) is 14.2 Å². The normalized spacial score (nSPS) is 16.7. The van der Waals surface area contributed by atoms with Crippen LogP contribution in [0.15, 0.2) is 42.5 Å². The van der Waals surface area contributed by atoms with Gasteiger partial charge in [-0.3, -0.25) is 4.79 Å². The molecule has 23 heavy (non-hydrogen) atoms. The Balaban J connectivity index is 1.92. The fourth-order valence-corrected chi connectivity index (χ4v) is 2.76. The molecule has 3 rings (SSSR count). The van der Waals surface area contributed by atoms with Gasteiger partial charge in [-0.15, -0.1) is 0 Å². The number of hydrogen-bond donors (Lipinski definition) is 0. The van der Waals surface area contributed by atoms with Crippen molar-refractivity contribution < 1.29 is 19.0 Å². The van der Waals surface area contributed by atoms with Crippen molar-refractivity contribution in [2.45, 2.75) is 12.5 Å². The Labute approximate surface area is 135 Å². The average molecular weight is 313 g/mol. The molecule has 2 aromatic carbocycles. The molecule has 0 N–H and O–H groups in total. The van der Waals surface area contributed by atoms with E-state index in [1.807, 2.05) is 36.4 Å². The predicted molar refractivity (Wildman–Crippen MR) is 87.4 cm³/mol. The van der Waals surface area contributed by atoms with E-state index in [2.05, 4.69) is 0 Å². The van der Waals surface area contributed by atoms with Gasteiger partial charge in [-0.2, -0.15) is 0 Å². The van der Waals surface area contributed by atoms with Crippen LogP contribution in [-0.2, 0) is 4.79 Å². The highest BCUT2D eigenvalue weighted by Crippen LogP contribution is 2.41. The van der Waals surface area contributed by atoms with Crippen molar-refractivity contribution in [1.29, 1.82) is 0 Å². The Morgan fingerprint density at radius 3 is 1.91 bits per heavy atom. The molecule has 1 aliphatic rings. The van der Waals surface area contributed by atoms with E-state index in [0.717, 1.165) is 17.0 Å². The summed E-state index contributed by atoms with van der Waals surface area (Å²) in [4.78, 5) is 13.9. The van der Waals surface area contributed by atoms with Crippen LogP contribution in [0.5, 0.6) is 17.2 Å². The summed E-state index contributed by atoms with van der Waals surface area (Å²) in [5.74, 6) is 2.20. The smallest absolute Gasteiger partial charge is 0.230 e. The number of rotatable bonds is 5. The fraction of sp³-hybridized carbons (Fsp3) is 0.278. The van der Waals surface area contributed by atoms with Gasteiger partial charge in [-0.1, -0.05) is 12.1 Å². The minimum atomic E-state index is 0.0187. The van der Waals surface area contributed by atoms with Gasteiger partial charge in [0.2, 0.25) is 5.91 Å². The van der Waals surface area contributed by atoms with Gasteiger partial charge in [0.1, 0.15) is 17.2 Å². The summed E-state index contributed by atoms with van der Waals surface area (Å²) in [6, 6.07) is 13.3. The number of carbonyl (C=O) groups is 1. The summed E-state index contributed by atoms with van der Waals surface area (Å²) < 4.78 is 15.8. The van der Waals surface area contributed by atoms with E-state index < -0.39 is 0 Å². The SMILES string of the molecule is COc1ccc(C2CC(=O)N2c2cc(OC)cc(OC)c2)cc1. The monoisotopic (exact) mass is 313 g/mol. The highest BCUT2D eigenvalue weighted by Gasteiger charge is 2.38. The molecule has 1 heterocycles. The number of carbonyl (C=O) groups excluding carboxylic acids is 1. The first-order valence-electron chi connectivity index (χ1n) is 7.35. The van der Waals surface area contributed by atoms with Crippen molar-refractivity contribution in [2.75, 3.05) is 26.2 Å². The second-order valence-corrected chi connectivity index (χ2v) is 5.33. The molecule has 0 spiro atoms. The first-order valence-corrected chi connectivity index (χ1v) is 7.35. The van der Waals surface area contributed by atoms with E-state index in [1.165, 1.54) is 0 Å². The molecule has 120 valence electrons. The molecule has 5 heteroatoms. The average Bonchev–Trinajstić information content (AvgIpc) is 2.59. The van der Waals surface area contributed by atoms with Gasteiger partial charge in [0.05, 0.1) is 39.5 Å². The lowest BCUT2D eigenvalue weighted by molar-refractivity contribution is -0.124. The minimum absolute atomic E-state index is 0.0187. The molecule has 0 aliphatic carbocycles. The Morgan fingerprint density at radius 1 is 0.870 bits per heavy atom. The topological polar surface area (TPSA) is 48.0 Å². The summed E-state index contributed by atoms with van der Waals surface area (Å²) in [5.41, 5.74) is 1.85. The summed E-state index contributed by atoms with van der Waals surface area (Å²) in [6.07, 6.45) is 0.492. The molecule has 0 aromatic heterocycles. The van der Waals surface area contributed by atoms with Crippen molar-refractivity contribution in [2.24, 2.45) is 0 Å². The second kappa shape index (κ2) is 6.20. The molecule has 1 amide bonds. The van der Waals surface area contributed by atoms with E-state index in [0.29, 0.717) is 17.9 Å². The molecule has 1 saturated heterocycles. The number of benzene rings is 2. The highest BCUT2D eigenvalue weighted by molar-refractivity contribution is 6.01. The second-order valence-electron chi connectivity index (χ2n) is 5.33. The number of nitrogens with zero attached hydrogens (tertiary/aromatic N) is 1. The van der Waals surface area contributed by atoms with Crippen LogP contribution >= 0.6 is 0 Å². The van der Waals surface area contributed by atoms with Crippen molar-refractivity contribution in [3.8, 4) is 17.2 Å². The molecule has 0 bridgehead atoms. The van der Waals surface area contributed by atoms with Crippen LogP contribution in [0.25, 0.3) is 0 Å². The van der Waals surface area contributed by atoms with Crippen molar-refractivity contribution in [3.05, 3.63) is 48.0 Å². The Hall–Kier alpha value is -2.69. The van der Waals surface area contributed by atoms with Gasteiger partial charge >= 0.3 is 0 Å². The predicted octanol–water partition coefficient (Wildman–Crippen LogP) is 3.19. The molecule has 0 radical (unpaired) electrons. The van der Waals surface area contributed by atoms with Gasteiger partial charge < -0.3 is 19.1 Å². The van der Waals surface area contributed by atoms with Gasteiger partial charge in [-0.05, 0) is 17.7 Å². The Morgan fingerprint density at radius 2 is 1.43 bits per heavy atom. The molecule has 1 aliphatic heterocycles. The van der Waals surface area contributed by atoms with Crippen LogP contribution < -0.4 is 19.1 Å². The first kappa shape index (κ1) is 15.2. The summed E-state index contributed by atoms with van der Waals surface area (Å²) >= 11 is 0. The number of β-lactam (4-membered cyclic amide) rings is 1. The zero-order valence-corrected chi connectivity index (χ0v) is 13.4. The maximum absolute atomic E-state index is 12.2. The third kappa shape index (κ3) is 2.82. The molecule has 1 atom stereocenters. The zero-order chi connectivity index (χ0) is 16.4. The highest BCUT2D eigenvalue weighted by atomic mass is 16.5. The summed E-state index contributed by atoms with van der Waals surface area (Å²) in [5, 5.41) is 0. The molecule has 2 aromatic rings. The van der Waals surface area contributed by atoms with E-state index in [-0.39, 0.29) is 11.9 Å². The number of methoxy groups -OCH3 is 3. The summed E-state index contributed by atoms with van der Waals surface area (Å²) in [6.45, 7) is 0.